The third-order valence-electron chi connectivity index (χ3n) is 2.58. The molecule has 1 amide bonds. The van der Waals surface area contributed by atoms with Crippen LogP contribution in [0.15, 0.2) is 30.3 Å². The Labute approximate surface area is 113 Å². The summed E-state index contributed by atoms with van der Waals surface area (Å²) in [5.74, 6) is 1.49. The Morgan fingerprint density at radius 2 is 2.11 bits per heavy atom. The van der Waals surface area contributed by atoms with E-state index in [0.29, 0.717) is 12.2 Å². The lowest BCUT2D eigenvalue weighted by Crippen LogP contribution is -2.34. The van der Waals surface area contributed by atoms with Crippen molar-refractivity contribution < 1.29 is 9.90 Å². The number of carbonyl (C=O) groups is 1. The number of nitrogens with one attached hydrogen (secondary N) is 1. The van der Waals surface area contributed by atoms with Crippen molar-refractivity contribution in [3.63, 3.8) is 0 Å². The van der Waals surface area contributed by atoms with Crippen LogP contribution in [0, 0.1) is 0 Å². The highest BCUT2D eigenvalue weighted by atomic mass is 32.2. The van der Waals surface area contributed by atoms with Crippen molar-refractivity contribution in [1.82, 2.24) is 5.32 Å². The molecule has 0 spiro atoms. The van der Waals surface area contributed by atoms with Crippen LogP contribution < -0.4 is 5.32 Å². The fourth-order valence-electron chi connectivity index (χ4n) is 1.58. The molecule has 4 heteroatoms. The molecule has 0 radical (unpaired) electrons. The molecule has 1 aromatic carbocycles. The van der Waals surface area contributed by atoms with Gasteiger partial charge in [-0.05, 0) is 31.1 Å². The first kappa shape index (κ1) is 15.1. The molecule has 0 saturated heterocycles. The summed E-state index contributed by atoms with van der Waals surface area (Å²) in [5.41, 5.74) is 1.30. The Morgan fingerprint density at radius 3 is 2.78 bits per heavy atom. The molecule has 0 aliphatic heterocycles. The number of hydrogen-bond acceptors (Lipinski definition) is 3. The molecular formula is C14H21NO2S. The van der Waals surface area contributed by atoms with Gasteiger partial charge in [-0.25, -0.2) is 0 Å². The van der Waals surface area contributed by atoms with Gasteiger partial charge in [0.15, 0.2) is 0 Å². The number of rotatable bonds is 8. The van der Waals surface area contributed by atoms with E-state index >= 15 is 0 Å². The minimum atomic E-state index is 0.0500. The molecule has 18 heavy (non-hydrogen) atoms. The zero-order valence-corrected chi connectivity index (χ0v) is 11.6. The molecule has 0 fully saturated rings. The standard InChI is InChI=1S/C14H21NO2S/c1-12(7-9-16)15-14(17)11-18-10-8-13-5-3-2-4-6-13/h2-6,12,16H,7-11H2,1H3,(H,15,17). The number of hydrogen-bond donors (Lipinski definition) is 2. The average Bonchev–Trinajstić information content (AvgIpc) is 2.36. The number of benzene rings is 1. The minimum Gasteiger partial charge on any atom is -0.396 e. The molecule has 1 rings (SSSR count). The second-order valence-corrected chi connectivity index (χ2v) is 5.37. The fraction of sp³-hybridized carbons (Fsp3) is 0.500. The predicted octanol–water partition coefficient (Wildman–Crippen LogP) is 1.85. The number of aliphatic hydroxyl groups is 1. The highest BCUT2D eigenvalue weighted by Gasteiger charge is 2.06. The maximum Gasteiger partial charge on any atom is 0.230 e. The molecular weight excluding hydrogens is 246 g/mol. The monoisotopic (exact) mass is 267 g/mol. The van der Waals surface area contributed by atoms with Gasteiger partial charge in [-0.3, -0.25) is 4.79 Å². The van der Waals surface area contributed by atoms with E-state index in [0.717, 1.165) is 12.2 Å². The number of carbonyl (C=O) groups excluding carboxylic acids is 1. The van der Waals surface area contributed by atoms with E-state index in [4.69, 9.17) is 5.11 Å². The molecule has 0 heterocycles. The van der Waals surface area contributed by atoms with Gasteiger partial charge < -0.3 is 10.4 Å². The largest absolute Gasteiger partial charge is 0.396 e. The van der Waals surface area contributed by atoms with Gasteiger partial charge in [0.25, 0.3) is 0 Å². The van der Waals surface area contributed by atoms with Crippen LogP contribution in [0.5, 0.6) is 0 Å². The zero-order chi connectivity index (χ0) is 13.2. The first-order valence-electron chi connectivity index (χ1n) is 6.24. The Balaban J connectivity index is 2.09. The van der Waals surface area contributed by atoms with E-state index in [1.54, 1.807) is 11.8 Å². The van der Waals surface area contributed by atoms with Crippen molar-refractivity contribution in [2.45, 2.75) is 25.8 Å². The molecule has 2 N–H and O–H groups in total. The highest BCUT2D eigenvalue weighted by Crippen LogP contribution is 2.06. The zero-order valence-electron chi connectivity index (χ0n) is 10.8. The second-order valence-electron chi connectivity index (χ2n) is 4.27. The van der Waals surface area contributed by atoms with Crippen molar-refractivity contribution in [3.05, 3.63) is 35.9 Å². The van der Waals surface area contributed by atoms with Gasteiger partial charge in [-0.1, -0.05) is 30.3 Å². The molecule has 3 nitrogen and oxygen atoms in total. The summed E-state index contributed by atoms with van der Waals surface area (Å²) >= 11 is 1.64. The number of thioether (sulfide) groups is 1. The van der Waals surface area contributed by atoms with Crippen molar-refractivity contribution in [3.8, 4) is 0 Å². The smallest absolute Gasteiger partial charge is 0.230 e. The SMILES string of the molecule is CC(CCO)NC(=O)CSCCc1ccccc1. The minimum absolute atomic E-state index is 0.0500. The lowest BCUT2D eigenvalue weighted by Gasteiger charge is -2.11. The van der Waals surface area contributed by atoms with Crippen LogP contribution in [0.2, 0.25) is 0 Å². The molecule has 0 aliphatic rings. The maximum absolute atomic E-state index is 11.5. The van der Waals surface area contributed by atoms with Gasteiger partial charge in [0, 0.05) is 12.6 Å². The Kier molecular flexibility index (Phi) is 7.53. The number of aryl methyl sites for hydroxylation is 1. The molecule has 1 unspecified atom stereocenters. The molecule has 0 bridgehead atoms. The summed E-state index contributed by atoms with van der Waals surface area (Å²) in [6, 6.07) is 10.3. The number of aliphatic hydroxyl groups excluding tert-OH is 1. The fourth-order valence-corrected chi connectivity index (χ4v) is 2.37. The van der Waals surface area contributed by atoms with E-state index < -0.39 is 0 Å². The van der Waals surface area contributed by atoms with E-state index in [1.807, 2.05) is 25.1 Å². The number of amides is 1. The first-order chi connectivity index (χ1) is 8.72. The van der Waals surface area contributed by atoms with Crippen LogP contribution in [0.3, 0.4) is 0 Å². The van der Waals surface area contributed by atoms with E-state index in [2.05, 4.69) is 17.4 Å². The first-order valence-corrected chi connectivity index (χ1v) is 7.39. The quantitative estimate of drug-likeness (QED) is 0.707. The maximum atomic E-state index is 11.5. The van der Waals surface area contributed by atoms with Crippen LogP contribution in [0.25, 0.3) is 0 Å². The van der Waals surface area contributed by atoms with Crippen LogP contribution in [-0.4, -0.2) is 35.2 Å². The lowest BCUT2D eigenvalue weighted by atomic mass is 10.2. The lowest BCUT2D eigenvalue weighted by molar-refractivity contribution is -0.119. The molecule has 0 saturated carbocycles. The molecule has 1 aromatic rings. The Morgan fingerprint density at radius 1 is 1.39 bits per heavy atom. The van der Waals surface area contributed by atoms with Crippen molar-refractivity contribution in [1.29, 1.82) is 0 Å². The van der Waals surface area contributed by atoms with Gasteiger partial charge in [0.1, 0.15) is 0 Å². The van der Waals surface area contributed by atoms with Gasteiger partial charge in [-0.15, -0.1) is 0 Å². The second kappa shape index (κ2) is 9.00. The third kappa shape index (κ3) is 6.67. The van der Waals surface area contributed by atoms with Crippen LogP contribution in [-0.2, 0) is 11.2 Å². The summed E-state index contributed by atoms with van der Waals surface area (Å²) in [5, 5.41) is 11.6. The summed E-state index contributed by atoms with van der Waals surface area (Å²) in [4.78, 5) is 11.5. The summed E-state index contributed by atoms with van der Waals surface area (Å²) < 4.78 is 0. The van der Waals surface area contributed by atoms with Crippen LogP contribution >= 0.6 is 11.8 Å². The van der Waals surface area contributed by atoms with Crippen molar-refractivity contribution >= 4 is 17.7 Å². The average molecular weight is 267 g/mol. The Bertz CT molecular complexity index is 343. The van der Waals surface area contributed by atoms with E-state index in [9.17, 15) is 4.79 Å². The molecule has 0 aliphatic carbocycles. The molecule has 1 atom stereocenters. The summed E-state index contributed by atoms with van der Waals surface area (Å²) in [7, 11) is 0. The predicted molar refractivity (Wildman–Crippen MR) is 76.8 cm³/mol. The summed E-state index contributed by atoms with van der Waals surface area (Å²) in [6.45, 7) is 2.02. The topological polar surface area (TPSA) is 49.3 Å². The van der Waals surface area contributed by atoms with Gasteiger partial charge >= 0.3 is 0 Å². The normalized spacial score (nSPS) is 12.1. The highest BCUT2D eigenvalue weighted by molar-refractivity contribution is 7.99. The molecule has 100 valence electrons. The van der Waals surface area contributed by atoms with Gasteiger partial charge in [-0.2, -0.15) is 11.8 Å². The van der Waals surface area contributed by atoms with Gasteiger partial charge in [0.05, 0.1) is 5.75 Å². The third-order valence-corrected chi connectivity index (χ3v) is 3.54. The van der Waals surface area contributed by atoms with Gasteiger partial charge in [0.2, 0.25) is 5.91 Å². The summed E-state index contributed by atoms with van der Waals surface area (Å²) in [6.07, 6.45) is 1.60. The van der Waals surface area contributed by atoms with Crippen LogP contribution in [0.4, 0.5) is 0 Å². The van der Waals surface area contributed by atoms with Crippen molar-refractivity contribution in [2.75, 3.05) is 18.1 Å². The van der Waals surface area contributed by atoms with Crippen molar-refractivity contribution in [2.24, 2.45) is 0 Å². The Hall–Kier alpha value is -1.00. The van der Waals surface area contributed by atoms with Crippen LogP contribution in [0.1, 0.15) is 18.9 Å². The van der Waals surface area contributed by atoms with E-state index in [-0.39, 0.29) is 18.6 Å². The molecule has 0 aromatic heterocycles. The van der Waals surface area contributed by atoms with E-state index in [1.165, 1.54) is 5.56 Å².